The van der Waals surface area contributed by atoms with Crippen molar-refractivity contribution < 1.29 is 4.79 Å². The van der Waals surface area contributed by atoms with Gasteiger partial charge in [0.05, 0.1) is 0 Å². The van der Waals surface area contributed by atoms with Crippen molar-refractivity contribution in [3.63, 3.8) is 0 Å². The van der Waals surface area contributed by atoms with Crippen molar-refractivity contribution in [1.82, 2.24) is 19.4 Å². The van der Waals surface area contributed by atoms with E-state index in [4.69, 9.17) is 0 Å². The molecular weight excluding hydrogens is 380 g/mol. The third-order valence-corrected chi connectivity index (χ3v) is 6.94. The molecule has 2 aliphatic rings. The van der Waals surface area contributed by atoms with Gasteiger partial charge in [-0.15, -0.1) is 0 Å². The number of thioether (sulfide) groups is 1. The Labute approximate surface area is 178 Å². The first-order valence-corrected chi connectivity index (χ1v) is 12.2. The fourth-order valence-electron chi connectivity index (χ4n) is 4.70. The summed E-state index contributed by atoms with van der Waals surface area (Å²) >= 11 is 1.61. The zero-order valence-electron chi connectivity index (χ0n) is 17.4. The first-order chi connectivity index (χ1) is 14.2. The maximum Gasteiger partial charge on any atom is 0.253 e. The lowest BCUT2D eigenvalue weighted by atomic mass is 9.89. The number of rotatable bonds is 5. The van der Waals surface area contributed by atoms with Crippen LogP contribution in [0.15, 0.2) is 41.8 Å². The normalized spacial score (nSPS) is 19.3. The number of carbonyl (C=O) groups excluding carboxylic acids is 1. The van der Waals surface area contributed by atoms with Crippen LogP contribution in [-0.4, -0.2) is 64.2 Å². The van der Waals surface area contributed by atoms with Crippen LogP contribution in [0.2, 0.25) is 0 Å². The van der Waals surface area contributed by atoms with Crippen molar-refractivity contribution >= 4 is 17.7 Å². The zero-order chi connectivity index (χ0) is 20.1. The van der Waals surface area contributed by atoms with E-state index in [2.05, 4.69) is 9.88 Å². The van der Waals surface area contributed by atoms with Crippen LogP contribution in [-0.2, 0) is 0 Å². The first kappa shape index (κ1) is 20.5. The Kier molecular flexibility index (Phi) is 6.93. The van der Waals surface area contributed by atoms with Crippen LogP contribution in [0.5, 0.6) is 0 Å². The summed E-state index contributed by atoms with van der Waals surface area (Å²) in [7, 11) is 0. The minimum Gasteiger partial charge on any atom is -0.337 e. The maximum atomic E-state index is 13.2. The van der Waals surface area contributed by atoms with E-state index in [0.717, 1.165) is 54.9 Å². The molecule has 0 spiro atoms. The average Bonchev–Trinajstić information content (AvgIpc) is 3.13. The van der Waals surface area contributed by atoms with Gasteiger partial charge in [0.2, 0.25) is 0 Å². The van der Waals surface area contributed by atoms with Gasteiger partial charge in [-0.25, -0.2) is 4.98 Å². The van der Waals surface area contributed by atoms with E-state index in [1.165, 1.54) is 38.6 Å². The Balaban J connectivity index is 1.40. The number of amides is 1. The van der Waals surface area contributed by atoms with Crippen LogP contribution in [0.3, 0.4) is 0 Å². The molecule has 1 amide bonds. The van der Waals surface area contributed by atoms with Crippen molar-refractivity contribution in [2.75, 3.05) is 39.0 Å². The number of nitrogens with zero attached hydrogens (tertiary/aromatic N) is 4. The summed E-state index contributed by atoms with van der Waals surface area (Å²) in [6.45, 7) is 5.02. The fraction of sp³-hybridized carbons (Fsp3) is 0.565. The van der Waals surface area contributed by atoms with E-state index in [1.54, 1.807) is 18.0 Å². The van der Waals surface area contributed by atoms with Crippen molar-refractivity contribution in [3.8, 4) is 5.69 Å². The zero-order valence-corrected chi connectivity index (χ0v) is 18.2. The van der Waals surface area contributed by atoms with Crippen molar-refractivity contribution in [1.29, 1.82) is 0 Å². The molecule has 4 rings (SSSR count). The van der Waals surface area contributed by atoms with E-state index >= 15 is 0 Å². The van der Waals surface area contributed by atoms with E-state index in [0.29, 0.717) is 0 Å². The van der Waals surface area contributed by atoms with E-state index in [-0.39, 0.29) is 5.91 Å². The quantitative estimate of drug-likeness (QED) is 0.686. The number of carbonyl (C=O) groups is 1. The second kappa shape index (κ2) is 9.81. The summed E-state index contributed by atoms with van der Waals surface area (Å²) in [5.41, 5.74) is 1.76. The molecule has 0 unspecified atom stereocenters. The Bertz CT molecular complexity index is 815. The van der Waals surface area contributed by atoms with Gasteiger partial charge in [0.1, 0.15) is 0 Å². The van der Waals surface area contributed by atoms with Crippen LogP contribution in [0.1, 0.15) is 48.9 Å². The number of hydrogen-bond acceptors (Lipinski definition) is 4. The second-order valence-corrected chi connectivity index (χ2v) is 9.06. The SMILES string of the molecule is CSc1nccn1-c1cccc(C(=O)N2CCCN(CC3CCCCC3)CC2)c1. The van der Waals surface area contributed by atoms with E-state index < -0.39 is 0 Å². The van der Waals surface area contributed by atoms with Crippen molar-refractivity contribution in [2.45, 2.75) is 43.7 Å². The molecule has 0 N–H and O–H groups in total. The van der Waals surface area contributed by atoms with E-state index in [1.807, 2.05) is 46.2 Å². The number of aromatic nitrogens is 2. The van der Waals surface area contributed by atoms with Gasteiger partial charge in [-0.1, -0.05) is 37.1 Å². The van der Waals surface area contributed by atoms with Gasteiger partial charge in [0, 0.05) is 49.8 Å². The molecule has 1 aliphatic carbocycles. The first-order valence-electron chi connectivity index (χ1n) is 10.9. The predicted octanol–water partition coefficient (Wildman–Crippen LogP) is 4.32. The smallest absolute Gasteiger partial charge is 0.253 e. The Morgan fingerprint density at radius 1 is 1.10 bits per heavy atom. The topological polar surface area (TPSA) is 41.4 Å². The summed E-state index contributed by atoms with van der Waals surface area (Å²) in [6, 6.07) is 7.94. The summed E-state index contributed by atoms with van der Waals surface area (Å²) in [5, 5.41) is 0.933. The number of hydrogen-bond donors (Lipinski definition) is 0. The second-order valence-electron chi connectivity index (χ2n) is 8.28. The molecule has 0 bridgehead atoms. The van der Waals surface area contributed by atoms with E-state index in [9.17, 15) is 4.79 Å². The lowest BCUT2D eigenvalue weighted by Crippen LogP contribution is -2.37. The summed E-state index contributed by atoms with van der Waals surface area (Å²) < 4.78 is 2.04. The number of imidazole rings is 1. The van der Waals surface area contributed by atoms with Gasteiger partial charge >= 0.3 is 0 Å². The molecule has 2 aromatic rings. The van der Waals surface area contributed by atoms with Crippen LogP contribution in [0, 0.1) is 5.92 Å². The highest BCUT2D eigenvalue weighted by molar-refractivity contribution is 7.98. The fourth-order valence-corrected chi connectivity index (χ4v) is 5.23. The molecule has 1 aromatic heterocycles. The third kappa shape index (κ3) is 5.04. The van der Waals surface area contributed by atoms with Crippen LogP contribution < -0.4 is 0 Å². The predicted molar refractivity (Wildman–Crippen MR) is 119 cm³/mol. The molecule has 1 saturated heterocycles. The summed E-state index contributed by atoms with van der Waals surface area (Å²) in [6.07, 6.45) is 13.8. The summed E-state index contributed by atoms with van der Waals surface area (Å²) in [5.74, 6) is 1.01. The standard InChI is InChI=1S/C23H32N4OS/c1-29-23-24-11-14-27(23)21-10-5-9-20(17-21)22(28)26-13-6-12-25(15-16-26)18-19-7-3-2-4-8-19/h5,9-11,14,17,19H,2-4,6-8,12-13,15-16,18H2,1H3. The largest absolute Gasteiger partial charge is 0.337 e. The monoisotopic (exact) mass is 412 g/mol. The molecule has 1 aromatic carbocycles. The van der Waals surface area contributed by atoms with Gasteiger partial charge in [0.25, 0.3) is 5.91 Å². The molecule has 0 atom stereocenters. The Morgan fingerprint density at radius 3 is 2.79 bits per heavy atom. The lowest BCUT2D eigenvalue weighted by Gasteiger charge is -2.28. The molecule has 5 nitrogen and oxygen atoms in total. The highest BCUT2D eigenvalue weighted by atomic mass is 32.2. The maximum absolute atomic E-state index is 13.2. The highest BCUT2D eigenvalue weighted by Crippen LogP contribution is 2.25. The highest BCUT2D eigenvalue weighted by Gasteiger charge is 2.23. The van der Waals surface area contributed by atoms with Crippen LogP contribution in [0.4, 0.5) is 0 Å². The molecule has 1 saturated carbocycles. The van der Waals surface area contributed by atoms with Crippen LogP contribution in [0.25, 0.3) is 5.69 Å². The molecule has 2 heterocycles. The molecule has 29 heavy (non-hydrogen) atoms. The van der Waals surface area contributed by atoms with Gasteiger partial charge in [-0.3, -0.25) is 9.36 Å². The van der Waals surface area contributed by atoms with Crippen LogP contribution >= 0.6 is 11.8 Å². The number of benzene rings is 1. The Morgan fingerprint density at radius 2 is 1.97 bits per heavy atom. The van der Waals surface area contributed by atoms with Gasteiger partial charge in [0.15, 0.2) is 5.16 Å². The minimum atomic E-state index is 0.150. The molecule has 6 heteroatoms. The minimum absolute atomic E-state index is 0.150. The van der Waals surface area contributed by atoms with Gasteiger partial charge in [-0.05, 0) is 56.2 Å². The molecule has 0 radical (unpaired) electrons. The molecule has 156 valence electrons. The molecule has 2 fully saturated rings. The lowest BCUT2D eigenvalue weighted by molar-refractivity contribution is 0.0760. The third-order valence-electron chi connectivity index (χ3n) is 6.28. The summed E-state index contributed by atoms with van der Waals surface area (Å²) in [4.78, 5) is 22.2. The molecular formula is C23H32N4OS. The van der Waals surface area contributed by atoms with Crippen molar-refractivity contribution in [3.05, 3.63) is 42.2 Å². The van der Waals surface area contributed by atoms with Gasteiger partial charge < -0.3 is 9.80 Å². The van der Waals surface area contributed by atoms with Crippen molar-refractivity contribution in [2.24, 2.45) is 5.92 Å². The van der Waals surface area contributed by atoms with Gasteiger partial charge in [-0.2, -0.15) is 0 Å². The Hall–Kier alpha value is -1.79. The molecule has 1 aliphatic heterocycles. The average molecular weight is 413 g/mol.